The number of hydrogen-bond donors (Lipinski definition) is 1. The van der Waals surface area contributed by atoms with E-state index in [2.05, 4.69) is 10.1 Å². The Balaban J connectivity index is 2.31. The number of nitrogens with zero attached hydrogens (tertiary/aromatic N) is 1. The Morgan fingerprint density at radius 2 is 1.68 bits per heavy atom. The van der Waals surface area contributed by atoms with Crippen molar-refractivity contribution in [3.63, 3.8) is 0 Å². The number of piperazine rings is 1. The van der Waals surface area contributed by atoms with Crippen molar-refractivity contribution in [3.05, 3.63) is 29.8 Å². The van der Waals surface area contributed by atoms with Gasteiger partial charge in [-0.05, 0) is 19.1 Å². The molecule has 1 saturated heterocycles. The molecule has 1 atom stereocenters. The number of ether oxygens (including phenoxy) is 1. The Kier molecular flexibility index (Phi) is 6.31. The molecular formula is C15H16F6N2O4S. The average molecular weight is 434 g/mol. The van der Waals surface area contributed by atoms with Crippen molar-refractivity contribution >= 4 is 16.0 Å². The minimum Gasteiger partial charge on any atom is -0.442 e. The molecule has 1 fully saturated rings. The van der Waals surface area contributed by atoms with Crippen LogP contribution in [0.4, 0.5) is 26.3 Å². The zero-order chi connectivity index (χ0) is 21.3. The van der Waals surface area contributed by atoms with E-state index in [1.54, 1.807) is 6.92 Å². The fourth-order valence-corrected chi connectivity index (χ4v) is 4.11. The summed E-state index contributed by atoms with van der Waals surface area (Å²) in [7, 11) is -4.35. The second-order valence-corrected chi connectivity index (χ2v) is 7.94. The number of esters is 1. The Morgan fingerprint density at radius 3 is 2.18 bits per heavy atom. The van der Waals surface area contributed by atoms with Crippen LogP contribution in [0.3, 0.4) is 0 Å². The Hall–Kier alpha value is -1.86. The van der Waals surface area contributed by atoms with Gasteiger partial charge in [-0.25, -0.2) is 8.42 Å². The van der Waals surface area contributed by atoms with Crippen LogP contribution in [0.15, 0.2) is 29.2 Å². The molecule has 0 aromatic heterocycles. The number of sulfonamides is 1. The van der Waals surface area contributed by atoms with Crippen molar-refractivity contribution in [2.75, 3.05) is 19.6 Å². The molecule has 0 bridgehead atoms. The minimum atomic E-state index is -5.89. The first-order valence-electron chi connectivity index (χ1n) is 7.88. The van der Waals surface area contributed by atoms with Crippen LogP contribution in [0.25, 0.3) is 0 Å². The average Bonchev–Trinajstić information content (AvgIpc) is 2.58. The molecule has 1 aliphatic heterocycles. The maximum atomic E-state index is 12.7. The lowest BCUT2D eigenvalue weighted by molar-refractivity contribution is -0.314. The number of carbonyl (C=O) groups excluding carboxylic acids is 1. The molecule has 0 aliphatic carbocycles. The fourth-order valence-electron chi connectivity index (χ4n) is 2.53. The van der Waals surface area contributed by atoms with Crippen molar-refractivity contribution in [1.82, 2.24) is 9.62 Å². The summed E-state index contributed by atoms with van der Waals surface area (Å²) in [5, 5.41) is 2.56. The SMILES string of the molecule is Cc1ccc(S(=O)(=O)N2CCNCC2C(=O)OC(C(F)(F)F)C(F)(F)F)cc1. The molecule has 13 heteroatoms. The van der Waals surface area contributed by atoms with Crippen LogP contribution >= 0.6 is 0 Å². The molecule has 1 unspecified atom stereocenters. The monoisotopic (exact) mass is 434 g/mol. The van der Waals surface area contributed by atoms with Gasteiger partial charge in [0.15, 0.2) is 0 Å². The molecule has 0 saturated carbocycles. The van der Waals surface area contributed by atoms with Crippen molar-refractivity contribution in [2.45, 2.75) is 36.3 Å². The molecule has 1 heterocycles. The van der Waals surface area contributed by atoms with Gasteiger partial charge in [0.05, 0.1) is 4.90 Å². The summed E-state index contributed by atoms with van der Waals surface area (Å²) >= 11 is 0. The van der Waals surface area contributed by atoms with E-state index < -0.39 is 47.0 Å². The lowest BCUT2D eigenvalue weighted by atomic mass is 10.2. The molecule has 1 N–H and O–H groups in total. The van der Waals surface area contributed by atoms with Gasteiger partial charge in [0.1, 0.15) is 6.04 Å². The molecule has 0 radical (unpaired) electrons. The summed E-state index contributed by atoms with van der Waals surface area (Å²) < 4.78 is 105. The van der Waals surface area contributed by atoms with Gasteiger partial charge in [-0.3, -0.25) is 4.79 Å². The van der Waals surface area contributed by atoms with Gasteiger partial charge < -0.3 is 10.1 Å². The van der Waals surface area contributed by atoms with Crippen molar-refractivity contribution in [2.24, 2.45) is 0 Å². The first-order valence-corrected chi connectivity index (χ1v) is 9.32. The Bertz CT molecular complexity index is 793. The lowest BCUT2D eigenvalue weighted by Gasteiger charge is -2.34. The number of hydrogen-bond acceptors (Lipinski definition) is 5. The number of nitrogens with one attached hydrogen (secondary N) is 1. The third kappa shape index (κ3) is 4.94. The van der Waals surface area contributed by atoms with E-state index in [0.717, 1.165) is 5.56 Å². The zero-order valence-electron chi connectivity index (χ0n) is 14.3. The maximum absolute atomic E-state index is 12.7. The van der Waals surface area contributed by atoms with E-state index in [9.17, 15) is 39.6 Å². The van der Waals surface area contributed by atoms with Crippen LogP contribution in [0.2, 0.25) is 0 Å². The van der Waals surface area contributed by atoms with Gasteiger partial charge in [0.25, 0.3) is 6.10 Å². The molecule has 158 valence electrons. The normalized spacial score (nSPS) is 19.6. The predicted molar refractivity (Wildman–Crippen MR) is 83.7 cm³/mol. The Morgan fingerprint density at radius 1 is 1.14 bits per heavy atom. The number of aryl methyl sites for hydroxylation is 1. The van der Waals surface area contributed by atoms with Gasteiger partial charge in [-0.15, -0.1) is 0 Å². The second kappa shape index (κ2) is 7.87. The molecular weight excluding hydrogens is 418 g/mol. The summed E-state index contributed by atoms with van der Waals surface area (Å²) in [6, 6.07) is 3.50. The van der Waals surface area contributed by atoms with Gasteiger partial charge in [-0.2, -0.15) is 30.6 Å². The molecule has 28 heavy (non-hydrogen) atoms. The number of halogens is 6. The summed E-state index contributed by atoms with van der Waals surface area (Å²) in [5.41, 5.74) is 0.730. The zero-order valence-corrected chi connectivity index (χ0v) is 15.2. The van der Waals surface area contributed by atoms with Crippen LogP contribution in [0.1, 0.15) is 5.56 Å². The molecule has 1 aromatic carbocycles. The first kappa shape index (κ1) is 22.4. The van der Waals surface area contributed by atoms with Crippen molar-refractivity contribution < 1.29 is 44.3 Å². The molecule has 1 aromatic rings. The number of alkyl halides is 6. The van der Waals surface area contributed by atoms with Crippen LogP contribution in [-0.2, 0) is 19.6 Å². The summed E-state index contributed by atoms with van der Waals surface area (Å²) in [5.74, 6) is -1.94. The number of benzene rings is 1. The molecule has 6 nitrogen and oxygen atoms in total. The topological polar surface area (TPSA) is 75.7 Å². The van der Waals surface area contributed by atoms with Gasteiger partial charge in [-0.1, -0.05) is 17.7 Å². The van der Waals surface area contributed by atoms with E-state index in [4.69, 9.17) is 0 Å². The Labute approximate surface area is 156 Å². The third-order valence-electron chi connectivity index (χ3n) is 3.92. The maximum Gasteiger partial charge on any atom is 0.434 e. The molecule has 1 aliphatic rings. The summed E-state index contributed by atoms with van der Waals surface area (Å²) in [4.78, 5) is 11.8. The van der Waals surface area contributed by atoms with Crippen LogP contribution in [0.5, 0.6) is 0 Å². The highest BCUT2D eigenvalue weighted by Crippen LogP contribution is 2.36. The fraction of sp³-hybridized carbons (Fsp3) is 0.533. The second-order valence-electron chi connectivity index (χ2n) is 6.05. The standard InChI is InChI=1S/C15H16F6N2O4S/c1-9-2-4-10(5-3-9)28(25,26)23-7-6-22-8-11(23)12(24)27-13(14(16,17)18)15(19,20)21/h2-5,11,13,22H,6-8H2,1H3. The largest absolute Gasteiger partial charge is 0.442 e. The molecule has 0 amide bonds. The van der Waals surface area contributed by atoms with Gasteiger partial charge in [0, 0.05) is 19.6 Å². The predicted octanol–water partition coefficient (Wildman–Crippen LogP) is 1.99. The van der Waals surface area contributed by atoms with Gasteiger partial charge in [0.2, 0.25) is 10.0 Å². The van der Waals surface area contributed by atoms with Crippen molar-refractivity contribution in [3.8, 4) is 0 Å². The molecule has 2 rings (SSSR count). The van der Waals surface area contributed by atoms with E-state index >= 15 is 0 Å². The molecule has 0 spiro atoms. The van der Waals surface area contributed by atoms with Crippen molar-refractivity contribution in [1.29, 1.82) is 0 Å². The quantitative estimate of drug-likeness (QED) is 0.580. The van der Waals surface area contributed by atoms with E-state index in [1.807, 2.05) is 0 Å². The summed E-state index contributed by atoms with van der Waals surface area (Å²) in [6.45, 7) is 0.914. The highest BCUT2D eigenvalue weighted by Gasteiger charge is 2.60. The first-order chi connectivity index (χ1) is 12.7. The van der Waals surface area contributed by atoms with Crippen LogP contribution in [0, 0.1) is 6.92 Å². The number of rotatable bonds is 4. The minimum absolute atomic E-state index is 0.0524. The lowest BCUT2D eigenvalue weighted by Crippen LogP contribution is -2.59. The van der Waals surface area contributed by atoms with E-state index in [-0.39, 0.29) is 18.0 Å². The van der Waals surface area contributed by atoms with Crippen LogP contribution in [-0.4, -0.2) is 62.8 Å². The van der Waals surface area contributed by atoms with Crippen LogP contribution < -0.4 is 5.32 Å². The van der Waals surface area contributed by atoms with E-state index in [0.29, 0.717) is 4.31 Å². The van der Waals surface area contributed by atoms with Gasteiger partial charge >= 0.3 is 18.3 Å². The highest BCUT2D eigenvalue weighted by atomic mass is 32.2. The smallest absolute Gasteiger partial charge is 0.434 e. The number of carbonyl (C=O) groups is 1. The third-order valence-corrected chi connectivity index (χ3v) is 5.84. The highest BCUT2D eigenvalue weighted by molar-refractivity contribution is 7.89. The summed E-state index contributed by atoms with van der Waals surface area (Å²) in [6.07, 6.45) is -16.1. The van der Waals surface area contributed by atoms with E-state index in [1.165, 1.54) is 24.3 Å².